The lowest BCUT2D eigenvalue weighted by molar-refractivity contribution is 0.513. The van der Waals surface area contributed by atoms with E-state index in [9.17, 15) is 0 Å². The molecule has 102 valence electrons. The van der Waals surface area contributed by atoms with Crippen LogP contribution in [0.3, 0.4) is 0 Å². The van der Waals surface area contributed by atoms with Gasteiger partial charge in [-0.05, 0) is 34.6 Å². The van der Waals surface area contributed by atoms with E-state index in [4.69, 9.17) is 10.2 Å². The summed E-state index contributed by atoms with van der Waals surface area (Å²) in [4.78, 5) is 0. The first-order valence-electron chi connectivity index (χ1n) is 6.95. The molecule has 2 aromatic rings. The lowest BCUT2D eigenvalue weighted by Crippen LogP contribution is -2.00. The fourth-order valence-corrected chi connectivity index (χ4v) is 2.40. The molecule has 0 unspecified atom stereocenters. The second-order valence-corrected chi connectivity index (χ2v) is 5.62. The summed E-state index contributed by atoms with van der Waals surface area (Å²) in [7, 11) is 0. The van der Waals surface area contributed by atoms with Crippen LogP contribution in [0, 0.1) is 0 Å². The van der Waals surface area contributed by atoms with E-state index < -0.39 is 0 Å². The third kappa shape index (κ3) is 2.74. The normalized spacial score (nSPS) is 11.5. The van der Waals surface area contributed by atoms with E-state index in [1.807, 2.05) is 6.07 Å². The molecular formula is C17H23NO. The molecule has 1 heterocycles. The Hall–Kier alpha value is -1.54. The average Bonchev–Trinajstić information content (AvgIpc) is 2.85. The van der Waals surface area contributed by atoms with Crippen molar-refractivity contribution in [3.63, 3.8) is 0 Å². The van der Waals surface area contributed by atoms with Gasteiger partial charge < -0.3 is 10.2 Å². The number of benzene rings is 1. The lowest BCUT2D eigenvalue weighted by atomic mass is 9.88. The summed E-state index contributed by atoms with van der Waals surface area (Å²) in [6.07, 6.45) is 1.72. The molecule has 1 aromatic heterocycles. The van der Waals surface area contributed by atoms with E-state index in [-0.39, 0.29) is 0 Å². The van der Waals surface area contributed by atoms with Crippen molar-refractivity contribution in [3.05, 3.63) is 47.4 Å². The molecule has 1 aromatic carbocycles. The molecule has 0 atom stereocenters. The molecule has 0 saturated carbocycles. The molecular weight excluding hydrogens is 234 g/mol. The van der Waals surface area contributed by atoms with E-state index in [0.717, 1.165) is 11.3 Å². The zero-order chi connectivity index (χ0) is 14.0. The SMILES string of the molecule is CC(C)c1ccc(-c2ccoc2CN)c(C(C)C)c1. The molecule has 0 aliphatic rings. The van der Waals surface area contributed by atoms with Gasteiger partial charge in [0.2, 0.25) is 0 Å². The van der Waals surface area contributed by atoms with Gasteiger partial charge in [0.25, 0.3) is 0 Å². The fourth-order valence-electron chi connectivity index (χ4n) is 2.40. The van der Waals surface area contributed by atoms with Crippen LogP contribution in [-0.2, 0) is 6.54 Å². The number of hydrogen-bond acceptors (Lipinski definition) is 2. The summed E-state index contributed by atoms with van der Waals surface area (Å²) in [5.74, 6) is 1.89. The molecule has 0 spiro atoms. The Morgan fingerprint density at radius 3 is 2.32 bits per heavy atom. The first-order chi connectivity index (χ1) is 9.04. The Morgan fingerprint density at radius 2 is 1.74 bits per heavy atom. The van der Waals surface area contributed by atoms with Crippen molar-refractivity contribution in [1.82, 2.24) is 0 Å². The highest BCUT2D eigenvalue weighted by Gasteiger charge is 2.15. The number of rotatable bonds is 4. The van der Waals surface area contributed by atoms with Gasteiger partial charge in [-0.1, -0.05) is 45.9 Å². The van der Waals surface area contributed by atoms with Crippen LogP contribution in [0.15, 0.2) is 34.9 Å². The Balaban J connectivity index is 2.57. The van der Waals surface area contributed by atoms with Crippen LogP contribution < -0.4 is 5.73 Å². The first kappa shape index (κ1) is 13.9. The zero-order valence-corrected chi connectivity index (χ0v) is 12.2. The van der Waals surface area contributed by atoms with E-state index in [0.29, 0.717) is 18.4 Å². The second kappa shape index (κ2) is 5.62. The summed E-state index contributed by atoms with van der Waals surface area (Å²) in [6, 6.07) is 8.74. The van der Waals surface area contributed by atoms with Gasteiger partial charge in [-0.25, -0.2) is 0 Å². The van der Waals surface area contributed by atoms with Crippen LogP contribution in [-0.4, -0.2) is 0 Å². The lowest BCUT2D eigenvalue weighted by Gasteiger charge is -2.16. The Bertz CT molecular complexity index is 552. The van der Waals surface area contributed by atoms with Crippen molar-refractivity contribution in [2.24, 2.45) is 5.73 Å². The smallest absolute Gasteiger partial charge is 0.125 e. The summed E-state index contributed by atoms with van der Waals surface area (Å²) in [6.45, 7) is 9.34. The molecule has 2 nitrogen and oxygen atoms in total. The minimum absolute atomic E-state index is 0.436. The predicted octanol–water partition coefficient (Wildman–Crippen LogP) is 4.65. The van der Waals surface area contributed by atoms with Crippen LogP contribution in [0.4, 0.5) is 0 Å². The van der Waals surface area contributed by atoms with E-state index >= 15 is 0 Å². The predicted molar refractivity (Wildman–Crippen MR) is 80.2 cm³/mol. The molecule has 2 heteroatoms. The van der Waals surface area contributed by atoms with Gasteiger partial charge in [0.1, 0.15) is 5.76 Å². The standard InChI is InChI=1S/C17H23NO/c1-11(2)13-5-6-14(16(9-13)12(3)4)15-7-8-19-17(15)10-18/h5-9,11-12H,10,18H2,1-4H3. The molecule has 0 aliphatic carbocycles. The van der Waals surface area contributed by atoms with Gasteiger partial charge >= 0.3 is 0 Å². The minimum Gasteiger partial charge on any atom is -0.467 e. The molecule has 2 N–H and O–H groups in total. The largest absolute Gasteiger partial charge is 0.467 e. The fraction of sp³-hybridized carbons (Fsp3) is 0.412. The van der Waals surface area contributed by atoms with Crippen molar-refractivity contribution in [1.29, 1.82) is 0 Å². The van der Waals surface area contributed by atoms with Crippen LogP contribution in [0.5, 0.6) is 0 Å². The Kier molecular flexibility index (Phi) is 4.11. The molecule has 0 amide bonds. The summed E-state index contributed by atoms with van der Waals surface area (Å²) in [5.41, 5.74) is 10.9. The third-order valence-corrected chi connectivity index (χ3v) is 3.59. The monoisotopic (exact) mass is 257 g/mol. The van der Waals surface area contributed by atoms with Gasteiger partial charge in [0.15, 0.2) is 0 Å². The van der Waals surface area contributed by atoms with Crippen molar-refractivity contribution in [2.75, 3.05) is 0 Å². The van der Waals surface area contributed by atoms with Crippen LogP contribution >= 0.6 is 0 Å². The Labute approximate surface area is 115 Å². The number of nitrogens with two attached hydrogens (primary N) is 1. The van der Waals surface area contributed by atoms with Gasteiger partial charge in [-0.15, -0.1) is 0 Å². The summed E-state index contributed by atoms with van der Waals surface area (Å²) < 4.78 is 5.46. The summed E-state index contributed by atoms with van der Waals surface area (Å²) >= 11 is 0. The maximum Gasteiger partial charge on any atom is 0.125 e. The highest BCUT2D eigenvalue weighted by Crippen LogP contribution is 2.34. The van der Waals surface area contributed by atoms with Crippen LogP contribution in [0.2, 0.25) is 0 Å². The van der Waals surface area contributed by atoms with E-state index in [2.05, 4.69) is 45.9 Å². The molecule has 2 rings (SSSR count). The molecule has 19 heavy (non-hydrogen) atoms. The molecule has 0 aliphatic heterocycles. The molecule has 0 radical (unpaired) electrons. The minimum atomic E-state index is 0.436. The average molecular weight is 257 g/mol. The topological polar surface area (TPSA) is 39.2 Å². The van der Waals surface area contributed by atoms with Crippen molar-refractivity contribution in [2.45, 2.75) is 46.1 Å². The van der Waals surface area contributed by atoms with Crippen molar-refractivity contribution < 1.29 is 4.42 Å². The van der Waals surface area contributed by atoms with Gasteiger partial charge in [-0.3, -0.25) is 0 Å². The maximum atomic E-state index is 5.74. The molecule has 0 saturated heterocycles. The van der Waals surface area contributed by atoms with Crippen molar-refractivity contribution >= 4 is 0 Å². The first-order valence-corrected chi connectivity index (χ1v) is 6.95. The van der Waals surface area contributed by atoms with Crippen LogP contribution in [0.1, 0.15) is 56.4 Å². The number of hydrogen-bond donors (Lipinski definition) is 1. The summed E-state index contributed by atoms with van der Waals surface area (Å²) in [5, 5.41) is 0. The second-order valence-electron chi connectivity index (χ2n) is 5.62. The zero-order valence-electron chi connectivity index (χ0n) is 12.2. The van der Waals surface area contributed by atoms with Gasteiger partial charge in [-0.2, -0.15) is 0 Å². The van der Waals surface area contributed by atoms with Crippen LogP contribution in [0.25, 0.3) is 11.1 Å². The highest BCUT2D eigenvalue weighted by molar-refractivity contribution is 5.70. The van der Waals surface area contributed by atoms with Gasteiger partial charge in [0.05, 0.1) is 12.8 Å². The van der Waals surface area contributed by atoms with E-state index in [1.54, 1.807) is 6.26 Å². The van der Waals surface area contributed by atoms with Crippen molar-refractivity contribution in [3.8, 4) is 11.1 Å². The third-order valence-electron chi connectivity index (χ3n) is 3.59. The quantitative estimate of drug-likeness (QED) is 0.865. The number of furan rings is 1. The Morgan fingerprint density at radius 1 is 1.00 bits per heavy atom. The highest BCUT2D eigenvalue weighted by atomic mass is 16.3. The molecule has 0 bridgehead atoms. The maximum absolute atomic E-state index is 5.74. The van der Waals surface area contributed by atoms with Gasteiger partial charge in [0, 0.05) is 5.56 Å². The van der Waals surface area contributed by atoms with E-state index in [1.165, 1.54) is 16.7 Å². The molecule has 0 fully saturated rings.